The second-order valence-electron chi connectivity index (χ2n) is 4.62. The molecule has 0 radical (unpaired) electrons. The van der Waals surface area contributed by atoms with Crippen molar-refractivity contribution < 1.29 is 4.79 Å². The van der Waals surface area contributed by atoms with Crippen LogP contribution >= 0.6 is 0 Å². The zero-order chi connectivity index (χ0) is 14.1. The van der Waals surface area contributed by atoms with E-state index in [2.05, 4.69) is 15.1 Å². The number of benzene rings is 1. The molecule has 2 aromatic heterocycles. The van der Waals surface area contributed by atoms with E-state index in [0.29, 0.717) is 11.5 Å². The Morgan fingerprint density at radius 1 is 1.25 bits per heavy atom. The van der Waals surface area contributed by atoms with Crippen molar-refractivity contribution >= 4 is 17.3 Å². The lowest BCUT2D eigenvalue weighted by Gasteiger charge is -2.01. The lowest BCUT2D eigenvalue weighted by atomic mass is 10.1. The fourth-order valence-corrected chi connectivity index (χ4v) is 2.47. The quantitative estimate of drug-likeness (QED) is 0.740. The van der Waals surface area contributed by atoms with Gasteiger partial charge in [-0.25, -0.2) is 9.67 Å². The van der Waals surface area contributed by atoms with Gasteiger partial charge in [0, 0.05) is 0 Å². The maximum absolute atomic E-state index is 11.3. The Morgan fingerprint density at radius 2 is 2.05 bits per heavy atom. The van der Waals surface area contributed by atoms with Crippen LogP contribution in [0.4, 0.5) is 0 Å². The third-order valence-electron chi connectivity index (χ3n) is 3.46. The number of nitrogens with zero attached hydrogens (tertiary/aromatic N) is 3. The molecule has 1 N–H and O–H groups in total. The maximum Gasteiger partial charge on any atom is 0.229 e. The first-order chi connectivity index (χ1) is 9.78. The molecule has 102 valence electrons. The molecule has 20 heavy (non-hydrogen) atoms. The zero-order valence-electron chi connectivity index (χ0n) is 11.6. The molecule has 5 heteroatoms. The molecule has 2 heterocycles. The highest BCUT2D eigenvalue weighted by molar-refractivity contribution is 5.79. The number of aldehydes is 1. The number of carbonyl (C=O) groups is 1. The molecule has 0 aliphatic carbocycles. The molecule has 0 unspecified atom stereocenters. The second kappa shape index (κ2) is 4.92. The van der Waals surface area contributed by atoms with Gasteiger partial charge in [0.05, 0.1) is 28.0 Å². The Kier molecular flexibility index (Phi) is 3.10. The lowest BCUT2D eigenvalue weighted by Crippen LogP contribution is -2.04. The number of nitrogens with one attached hydrogen (secondary N) is 1. The van der Waals surface area contributed by atoms with Crippen LogP contribution < -0.4 is 0 Å². The molecule has 0 bridgehead atoms. The predicted molar refractivity (Wildman–Crippen MR) is 77.4 cm³/mol. The Morgan fingerprint density at radius 3 is 2.70 bits per heavy atom. The number of hydrogen-bond donors (Lipinski definition) is 1. The van der Waals surface area contributed by atoms with Gasteiger partial charge < -0.3 is 4.98 Å². The van der Waals surface area contributed by atoms with E-state index in [1.54, 1.807) is 4.68 Å². The number of imidazole rings is 1. The maximum atomic E-state index is 11.3. The summed E-state index contributed by atoms with van der Waals surface area (Å²) >= 11 is 0. The Hall–Kier alpha value is -2.43. The summed E-state index contributed by atoms with van der Waals surface area (Å²) in [6.07, 6.45) is 2.36. The van der Waals surface area contributed by atoms with Gasteiger partial charge in [-0.1, -0.05) is 26.0 Å². The monoisotopic (exact) mass is 268 g/mol. The first-order valence-electron chi connectivity index (χ1n) is 6.79. The Bertz CT molecular complexity index is 736. The molecule has 3 aromatic rings. The van der Waals surface area contributed by atoms with E-state index < -0.39 is 0 Å². The van der Waals surface area contributed by atoms with Crippen molar-refractivity contribution in [3.63, 3.8) is 0 Å². The molecule has 0 saturated heterocycles. The largest absolute Gasteiger partial charge is 0.322 e. The van der Waals surface area contributed by atoms with Crippen LogP contribution in [0.2, 0.25) is 0 Å². The minimum atomic E-state index is 0.658. The van der Waals surface area contributed by atoms with Crippen molar-refractivity contribution in [2.75, 3.05) is 0 Å². The van der Waals surface area contributed by atoms with E-state index in [1.165, 1.54) is 0 Å². The Labute approximate surface area is 116 Å². The van der Waals surface area contributed by atoms with Crippen molar-refractivity contribution in [1.82, 2.24) is 19.7 Å². The summed E-state index contributed by atoms with van der Waals surface area (Å²) in [6, 6.07) is 7.83. The minimum absolute atomic E-state index is 0.658. The van der Waals surface area contributed by atoms with E-state index in [-0.39, 0.29) is 0 Å². The first kappa shape index (κ1) is 12.6. The van der Waals surface area contributed by atoms with Crippen molar-refractivity contribution in [3.8, 4) is 5.95 Å². The molecule has 0 aliphatic heterocycles. The number of aryl methyl sites for hydroxylation is 1. The normalized spacial score (nSPS) is 11.1. The second-order valence-corrected chi connectivity index (χ2v) is 4.62. The van der Waals surface area contributed by atoms with Crippen LogP contribution in [0.5, 0.6) is 0 Å². The van der Waals surface area contributed by atoms with E-state index >= 15 is 0 Å². The fraction of sp³-hybridized carbons (Fsp3) is 0.267. The molecular weight excluding hydrogens is 252 g/mol. The smallest absolute Gasteiger partial charge is 0.229 e. The van der Waals surface area contributed by atoms with Crippen LogP contribution in [0.3, 0.4) is 0 Å². The summed E-state index contributed by atoms with van der Waals surface area (Å²) in [5, 5.41) is 4.53. The van der Waals surface area contributed by atoms with Gasteiger partial charge >= 0.3 is 0 Å². The molecule has 0 saturated carbocycles. The number of fused-ring (bicyclic) bond motifs is 1. The van der Waals surface area contributed by atoms with Crippen LogP contribution in [0.15, 0.2) is 24.3 Å². The van der Waals surface area contributed by atoms with E-state index in [4.69, 9.17) is 0 Å². The van der Waals surface area contributed by atoms with Crippen LogP contribution in [0.25, 0.3) is 17.0 Å². The minimum Gasteiger partial charge on any atom is -0.322 e. The van der Waals surface area contributed by atoms with Crippen molar-refractivity contribution in [1.29, 1.82) is 0 Å². The molecule has 0 atom stereocenters. The van der Waals surface area contributed by atoms with Crippen molar-refractivity contribution in [2.45, 2.75) is 26.7 Å². The number of aromatic amines is 1. The van der Waals surface area contributed by atoms with Gasteiger partial charge in [0.15, 0.2) is 6.29 Å². The predicted octanol–water partition coefficient (Wildman–Crippen LogP) is 2.69. The van der Waals surface area contributed by atoms with Gasteiger partial charge in [-0.15, -0.1) is 0 Å². The third-order valence-corrected chi connectivity index (χ3v) is 3.46. The number of H-pyrrole nitrogens is 1. The van der Waals surface area contributed by atoms with Crippen LogP contribution in [-0.4, -0.2) is 26.0 Å². The molecule has 0 aliphatic rings. The number of hydrogen-bond acceptors (Lipinski definition) is 3. The molecule has 3 rings (SSSR count). The van der Waals surface area contributed by atoms with Gasteiger partial charge in [-0.3, -0.25) is 4.79 Å². The number of carbonyl (C=O) groups excluding carboxylic acids is 1. The summed E-state index contributed by atoms with van der Waals surface area (Å²) in [5.41, 5.74) is 4.26. The van der Waals surface area contributed by atoms with Crippen LogP contribution in [0, 0.1) is 0 Å². The van der Waals surface area contributed by atoms with Gasteiger partial charge in [-0.2, -0.15) is 5.10 Å². The number of aromatic nitrogens is 4. The number of para-hydroxylation sites is 2. The highest BCUT2D eigenvalue weighted by Crippen LogP contribution is 2.19. The average Bonchev–Trinajstić information content (AvgIpc) is 3.06. The first-order valence-corrected chi connectivity index (χ1v) is 6.79. The van der Waals surface area contributed by atoms with Crippen molar-refractivity contribution in [3.05, 3.63) is 41.2 Å². The lowest BCUT2D eigenvalue weighted by molar-refractivity contribution is 0.112. The topological polar surface area (TPSA) is 63.6 Å². The summed E-state index contributed by atoms with van der Waals surface area (Å²) in [6.45, 7) is 4.01. The molecular formula is C15H16N4O. The number of rotatable bonds is 4. The summed E-state index contributed by atoms with van der Waals surface area (Å²) in [5.74, 6) is 0.658. The molecule has 0 amide bonds. The zero-order valence-corrected chi connectivity index (χ0v) is 11.6. The summed E-state index contributed by atoms with van der Waals surface area (Å²) in [7, 11) is 0. The molecule has 0 fully saturated rings. The Balaban J connectivity index is 2.22. The summed E-state index contributed by atoms with van der Waals surface area (Å²) < 4.78 is 1.75. The SMILES string of the molecule is CCc1nn(-c2nc3ccccc3[nH]2)c(CC)c1C=O. The molecule has 5 nitrogen and oxygen atoms in total. The summed E-state index contributed by atoms with van der Waals surface area (Å²) in [4.78, 5) is 19.1. The van der Waals surface area contributed by atoms with Gasteiger partial charge in [0.2, 0.25) is 5.95 Å². The van der Waals surface area contributed by atoms with Gasteiger partial charge in [0.25, 0.3) is 0 Å². The van der Waals surface area contributed by atoms with Crippen LogP contribution in [-0.2, 0) is 12.8 Å². The van der Waals surface area contributed by atoms with E-state index in [1.807, 2.05) is 38.1 Å². The standard InChI is InChI=1S/C15H16N4O/c1-3-11-10(9-20)14(4-2)19(18-11)15-16-12-7-5-6-8-13(12)17-15/h5-9H,3-4H2,1-2H3,(H,16,17). The van der Waals surface area contributed by atoms with Crippen LogP contribution in [0.1, 0.15) is 35.6 Å². The van der Waals surface area contributed by atoms with E-state index in [9.17, 15) is 4.79 Å². The highest BCUT2D eigenvalue weighted by Gasteiger charge is 2.17. The third kappa shape index (κ3) is 1.82. The van der Waals surface area contributed by atoms with E-state index in [0.717, 1.165) is 41.5 Å². The van der Waals surface area contributed by atoms with Crippen molar-refractivity contribution in [2.24, 2.45) is 0 Å². The molecule has 0 spiro atoms. The van der Waals surface area contributed by atoms with Gasteiger partial charge in [0.1, 0.15) is 0 Å². The average molecular weight is 268 g/mol. The van der Waals surface area contributed by atoms with Gasteiger partial charge in [-0.05, 0) is 25.0 Å². The molecule has 1 aromatic carbocycles. The highest BCUT2D eigenvalue weighted by atomic mass is 16.1. The fourth-order valence-electron chi connectivity index (χ4n) is 2.47.